The van der Waals surface area contributed by atoms with Crippen molar-refractivity contribution in [2.24, 2.45) is 0 Å². The summed E-state index contributed by atoms with van der Waals surface area (Å²) in [5, 5.41) is 22.9. The second kappa shape index (κ2) is 7.41. The number of benzene rings is 1. The normalized spacial score (nSPS) is 18.2. The molecule has 28 heavy (non-hydrogen) atoms. The van der Waals surface area contributed by atoms with Gasteiger partial charge in [-0.05, 0) is 30.4 Å². The third-order valence-electron chi connectivity index (χ3n) is 4.61. The van der Waals surface area contributed by atoms with Crippen molar-refractivity contribution in [2.75, 3.05) is 13.1 Å². The van der Waals surface area contributed by atoms with Crippen LogP contribution in [0.1, 0.15) is 24.7 Å². The van der Waals surface area contributed by atoms with Crippen LogP contribution in [0.4, 0.5) is 5.69 Å². The molecule has 0 amide bonds. The molecular weight excluding hydrogens is 404 g/mol. The fraction of sp³-hybridized carbons (Fsp3) is 0.294. The highest BCUT2D eigenvalue weighted by atomic mass is 32.2. The van der Waals surface area contributed by atoms with E-state index in [2.05, 4.69) is 10.2 Å². The SMILES string of the molecule is O=[N+]([O-])c1cccc(S(=O)(=O)N2CCCC(c3nnc(-c4ccsc4)o3)C2)c1. The lowest BCUT2D eigenvalue weighted by Gasteiger charge is -2.30. The van der Waals surface area contributed by atoms with E-state index in [1.165, 1.54) is 33.8 Å². The molecule has 4 rings (SSSR count). The molecular formula is C17H16N4O5S2. The first kappa shape index (κ1) is 18.7. The van der Waals surface area contributed by atoms with Crippen LogP contribution in [0.15, 0.2) is 50.4 Å². The van der Waals surface area contributed by atoms with Gasteiger partial charge in [-0.2, -0.15) is 15.6 Å². The van der Waals surface area contributed by atoms with Crippen molar-refractivity contribution in [2.45, 2.75) is 23.7 Å². The van der Waals surface area contributed by atoms with Crippen LogP contribution in [0.5, 0.6) is 0 Å². The molecule has 3 aromatic rings. The summed E-state index contributed by atoms with van der Waals surface area (Å²) in [7, 11) is -3.85. The molecule has 0 radical (unpaired) electrons. The molecule has 0 spiro atoms. The molecule has 0 aliphatic carbocycles. The number of nitro benzene ring substituents is 1. The first-order chi connectivity index (χ1) is 13.4. The molecule has 2 aromatic heterocycles. The zero-order valence-electron chi connectivity index (χ0n) is 14.6. The summed E-state index contributed by atoms with van der Waals surface area (Å²) in [5.74, 6) is 0.595. The molecule has 1 aliphatic heterocycles. The molecule has 1 saturated heterocycles. The number of thiophene rings is 1. The van der Waals surface area contributed by atoms with E-state index in [1.807, 2.05) is 16.8 Å². The van der Waals surface area contributed by atoms with Gasteiger partial charge in [0.2, 0.25) is 21.8 Å². The maximum atomic E-state index is 13.0. The van der Waals surface area contributed by atoms with Crippen LogP contribution in [0.3, 0.4) is 0 Å². The average Bonchev–Trinajstić information content (AvgIpc) is 3.40. The van der Waals surface area contributed by atoms with E-state index in [0.29, 0.717) is 24.7 Å². The van der Waals surface area contributed by atoms with E-state index in [9.17, 15) is 18.5 Å². The van der Waals surface area contributed by atoms with E-state index >= 15 is 0 Å². The van der Waals surface area contributed by atoms with E-state index in [0.717, 1.165) is 18.1 Å². The second-order valence-corrected chi connectivity index (χ2v) is 9.13. The van der Waals surface area contributed by atoms with Gasteiger partial charge in [0.15, 0.2) is 0 Å². The van der Waals surface area contributed by atoms with Gasteiger partial charge in [0, 0.05) is 36.2 Å². The summed E-state index contributed by atoms with van der Waals surface area (Å²) >= 11 is 1.52. The number of nitrogens with zero attached hydrogens (tertiary/aromatic N) is 4. The lowest BCUT2D eigenvalue weighted by Crippen LogP contribution is -2.39. The highest BCUT2D eigenvalue weighted by molar-refractivity contribution is 7.89. The van der Waals surface area contributed by atoms with Gasteiger partial charge in [0.25, 0.3) is 5.69 Å². The first-order valence-electron chi connectivity index (χ1n) is 8.56. The molecule has 1 atom stereocenters. The third-order valence-corrected chi connectivity index (χ3v) is 7.15. The number of piperidine rings is 1. The number of hydrogen-bond acceptors (Lipinski definition) is 8. The van der Waals surface area contributed by atoms with Gasteiger partial charge < -0.3 is 4.42 Å². The minimum atomic E-state index is -3.85. The Labute approximate surface area is 164 Å². The fourth-order valence-corrected chi connectivity index (χ4v) is 5.37. The maximum Gasteiger partial charge on any atom is 0.270 e. The summed E-state index contributed by atoms with van der Waals surface area (Å²) in [6.45, 7) is 0.531. The van der Waals surface area contributed by atoms with Crippen molar-refractivity contribution in [3.05, 3.63) is 57.1 Å². The van der Waals surface area contributed by atoms with Gasteiger partial charge in [-0.3, -0.25) is 10.1 Å². The Kier molecular flexibility index (Phi) is 4.96. The number of nitro groups is 1. The highest BCUT2D eigenvalue weighted by Crippen LogP contribution is 2.32. The number of non-ortho nitro benzene ring substituents is 1. The standard InChI is InChI=1S/C17H16N4O5S2/c22-21(23)14-4-1-5-15(9-14)28(24,25)20-7-2-3-12(10-20)16-18-19-17(26-16)13-6-8-27-11-13/h1,4-6,8-9,11-12H,2-3,7,10H2. The average molecular weight is 420 g/mol. The molecule has 1 unspecified atom stereocenters. The second-order valence-electron chi connectivity index (χ2n) is 6.41. The fourth-order valence-electron chi connectivity index (χ4n) is 3.17. The topological polar surface area (TPSA) is 119 Å². The van der Waals surface area contributed by atoms with Gasteiger partial charge in [-0.25, -0.2) is 8.42 Å². The molecule has 0 bridgehead atoms. The monoisotopic (exact) mass is 420 g/mol. The van der Waals surface area contributed by atoms with E-state index in [1.54, 1.807) is 0 Å². The number of aromatic nitrogens is 2. The molecule has 1 aromatic carbocycles. The minimum Gasteiger partial charge on any atom is -0.420 e. The van der Waals surface area contributed by atoms with Gasteiger partial charge in [-0.1, -0.05) is 6.07 Å². The lowest BCUT2D eigenvalue weighted by atomic mass is 10.00. The van der Waals surface area contributed by atoms with Crippen molar-refractivity contribution >= 4 is 27.0 Å². The molecule has 11 heteroatoms. The largest absolute Gasteiger partial charge is 0.420 e. The molecule has 1 fully saturated rings. The highest BCUT2D eigenvalue weighted by Gasteiger charge is 2.34. The van der Waals surface area contributed by atoms with Crippen molar-refractivity contribution < 1.29 is 17.8 Å². The van der Waals surface area contributed by atoms with Crippen LogP contribution in [-0.2, 0) is 10.0 Å². The number of hydrogen-bond donors (Lipinski definition) is 0. The van der Waals surface area contributed by atoms with E-state index < -0.39 is 14.9 Å². The number of rotatable bonds is 5. The van der Waals surface area contributed by atoms with Gasteiger partial charge in [0.05, 0.1) is 15.7 Å². The Morgan fingerprint density at radius 1 is 1.29 bits per heavy atom. The zero-order chi connectivity index (χ0) is 19.7. The molecule has 3 heterocycles. The molecule has 1 aliphatic rings. The molecule has 9 nitrogen and oxygen atoms in total. The van der Waals surface area contributed by atoms with Crippen LogP contribution >= 0.6 is 11.3 Å². The Balaban J connectivity index is 1.56. The van der Waals surface area contributed by atoms with Crippen molar-refractivity contribution in [1.29, 1.82) is 0 Å². The molecule has 146 valence electrons. The lowest BCUT2D eigenvalue weighted by molar-refractivity contribution is -0.385. The maximum absolute atomic E-state index is 13.0. The Bertz CT molecular complexity index is 1090. The van der Waals surface area contributed by atoms with Crippen molar-refractivity contribution in [1.82, 2.24) is 14.5 Å². The summed E-state index contributed by atoms with van der Waals surface area (Å²) in [5.41, 5.74) is 0.576. The van der Waals surface area contributed by atoms with Crippen LogP contribution in [-0.4, -0.2) is 40.9 Å². The summed E-state index contributed by atoms with van der Waals surface area (Å²) in [6, 6.07) is 6.97. The number of sulfonamides is 1. The van der Waals surface area contributed by atoms with Crippen molar-refractivity contribution in [3.63, 3.8) is 0 Å². The predicted molar refractivity (Wildman–Crippen MR) is 101 cm³/mol. The third kappa shape index (κ3) is 3.55. The summed E-state index contributed by atoms with van der Waals surface area (Å²) < 4.78 is 33.0. The Morgan fingerprint density at radius 2 is 2.14 bits per heavy atom. The predicted octanol–water partition coefficient (Wildman–Crippen LogP) is 3.27. The summed E-state index contributed by atoms with van der Waals surface area (Å²) in [4.78, 5) is 10.3. The van der Waals surface area contributed by atoms with Crippen LogP contribution in [0, 0.1) is 10.1 Å². The van der Waals surface area contributed by atoms with Gasteiger partial charge in [-0.15, -0.1) is 10.2 Å². The molecule has 0 saturated carbocycles. The zero-order valence-corrected chi connectivity index (χ0v) is 16.2. The summed E-state index contributed by atoms with van der Waals surface area (Å²) in [6.07, 6.45) is 1.36. The Hall–Kier alpha value is -2.63. The van der Waals surface area contributed by atoms with Gasteiger partial charge in [0.1, 0.15) is 0 Å². The van der Waals surface area contributed by atoms with Crippen molar-refractivity contribution in [3.8, 4) is 11.5 Å². The van der Waals surface area contributed by atoms with E-state index in [4.69, 9.17) is 4.42 Å². The quantitative estimate of drug-likeness (QED) is 0.459. The van der Waals surface area contributed by atoms with Gasteiger partial charge >= 0.3 is 0 Å². The van der Waals surface area contributed by atoms with Crippen LogP contribution < -0.4 is 0 Å². The first-order valence-corrected chi connectivity index (χ1v) is 10.9. The van der Waals surface area contributed by atoms with E-state index in [-0.39, 0.29) is 23.0 Å². The van der Waals surface area contributed by atoms with Crippen LogP contribution in [0.2, 0.25) is 0 Å². The smallest absolute Gasteiger partial charge is 0.270 e. The Morgan fingerprint density at radius 3 is 2.89 bits per heavy atom. The van der Waals surface area contributed by atoms with Crippen LogP contribution in [0.25, 0.3) is 11.5 Å². The molecule has 0 N–H and O–H groups in total. The minimum absolute atomic E-state index is 0.0909.